The van der Waals surface area contributed by atoms with E-state index in [0.29, 0.717) is 6.54 Å². The van der Waals surface area contributed by atoms with Gasteiger partial charge in [-0.25, -0.2) is 0 Å². The zero-order valence-corrected chi connectivity index (χ0v) is 11.8. The summed E-state index contributed by atoms with van der Waals surface area (Å²) < 4.78 is 0. The SMILES string of the molecule is CN(C)CCCNCCNC(=O)/C=N\O.Cl.Cl. The van der Waals surface area contributed by atoms with Crippen LogP contribution in [0, 0.1) is 0 Å². The Labute approximate surface area is 115 Å². The lowest BCUT2D eigenvalue weighted by atomic mass is 10.4. The largest absolute Gasteiger partial charge is 0.411 e. The lowest BCUT2D eigenvalue weighted by Gasteiger charge is -2.09. The normalized spacial score (nSPS) is 9.82. The topological polar surface area (TPSA) is 77.0 Å². The molecule has 0 aromatic carbocycles. The molecule has 6 nitrogen and oxygen atoms in total. The molecule has 3 N–H and O–H groups in total. The van der Waals surface area contributed by atoms with Crippen molar-refractivity contribution in [2.45, 2.75) is 6.42 Å². The van der Waals surface area contributed by atoms with E-state index in [4.69, 9.17) is 5.21 Å². The van der Waals surface area contributed by atoms with Crippen molar-refractivity contribution in [3.05, 3.63) is 0 Å². The summed E-state index contributed by atoms with van der Waals surface area (Å²) in [6.45, 7) is 3.24. The molecule has 0 unspecified atom stereocenters. The highest BCUT2D eigenvalue weighted by atomic mass is 35.5. The molecule has 0 aromatic heterocycles. The van der Waals surface area contributed by atoms with Crippen LogP contribution in [0.5, 0.6) is 0 Å². The predicted molar refractivity (Wildman–Crippen MR) is 73.8 cm³/mol. The van der Waals surface area contributed by atoms with Gasteiger partial charge in [-0.1, -0.05) is 5.16 Å². The Hall–Kier alpha value is -0.560. The van der Waals surface area contributed by atoms with E-state index >= 15 is 0 Å². The molecule has 0 spiro atoms. The molecule has 0 aliphatic heterocycles. The van der Waals surface area contributed by atoms with Crippen molar-refractivity contribution in [2.24, 2.45) is 5.16 Å². The number of oxime groups is 1. The third kappa shape index (κ3) is 18.0. The van der Waals surface area contributed by atoms with Gasteiger partial charge in [-0.3, -0.25) is 4.79 Å². The van der Waals surface area contributed by atoms with Gasteiger partial charge in [-0.2, -0.15) is 0 Å². The van der Waals surface area contributed by atoms with E-state index in [1.807, 2.05) is 14.1 Å². The van der Waals surface area contributed by atoms with E-state index in [1.165, 1.54) is 0 Å². The molecule has 0 aliphatic rings. The number of halogens is 2. The van der Waals surface area contributed by atoms with Crippen LogP contribution in [0.4, 0.5) is 0 Å². The minimum atomic E-state index is -0.382. The Bertz CT molecular complexity index is 203. The van der Waals surface area contributed by atoms with Gasteiger partial charge in [-0.05, 0) is 33.6 Å². The fourth-order valence-electron chi connectivity index (χ4n) is 1.02. The Morgan fingerprint density at radius 3 is 2.47 bits per heavy atom. The van der Waals surface area contributed by atoms with Gasteiger partial charge in [0.2, 0.25) is 0 Å². The highest BCUT2D eigenvalue weighted by molar-refractivity contribution is 6.25. The molecule has 17 heavy (non-hydrogen) atoms. The second kappa shape index (κ2) is 15.4. The maximum atomic E-state index is 10.8. The zero-order valence-electron chi connectivity index (χ0n) is 10.2. The van der Waals surface area contributed by atoms with Crippen LogP contribution in [-0.4, -0.2) is 62.5 Å². The molecular formula is C9H22Cl2N4O2. The summed E-state index contributed by atoms with van der Waals surface area (Å²) in [5.74, 6) is -0.382. The van der Waals surface area contributed by atoms with Gasteiger partial charge in [0, 0.05) is 13.1 Å². The molecule has 104 valence electrons. The van der Waals surface area contributed by atoms with Gasteiger partial charge in [0.15, 0.2) is 0 Å². The average Bonchev–Trinajstić information content (AvgIpc) is 2.16. The van der Waals surface area contributed by atoms with Crippen molar-refractivity contribution in [1.29, 1.82) is 0 Å². The Balaban J connectivity index is -0.000000980. The average molecular weight is 289 g/mol. The fraction of sp³-hybridized carbons (Fsp3) is 0.778. The van der Waals surface area contributed by atoms with Gasteiger partial charge < -0.3 is 20.7 Å². The number of nitrogens with zero attached hydrogens (tertiary/aromatic N) is 2. The van der Waals surface area contributed by atoms with Crippen molar-refractivity contribution >= 4 is 36.9 Å². The first kappa shape index (κ1) is 21.7. The first-order chi connectivity index (χ1) is 7.16. The molecule has 0 heterocycles. The van der Waals surface area contributed by atoms with Crippen LogP contribution in [-0.2, 0) is 4.79 Å². The molecule has 1 amide bonds. The maximum Gasteiger partial charge on any atom is 0.265 e. The summed E-state index contributed by atoms with van der Waals surface area (Å²) in [4.78, 5) is 12.9. The van der Waals surface area contributed by atoms with Crippen molar-refractivity contribution in [3.8, 4) is 0 Å². The van der Waals surface area contributed by atoms with E-state index in [2.05, 4.69) is 20.7 Å². The summed E-state index contributed by atoms with van der Waals surface area (Å²) >= 11 is 0. The quantitative estimate of drug-likeness (QED) is 0.253. The molecule has 0 saturated heterocycles. The minimum absolute atomic E-state index is 0. The van der Waals surface area contributed by atoms with Gasteiger partial charge in [0.05, 0.1) is 0 Å². The summed E-state index contributed by atoms with van der Waals surface area (Å²) in [5.41, 5.74) is 0. The molecule has 0 rings (SSSR count). The number of hydrogen-bond donors (Lipinski definition) is 3. The molecule has 0 fully saturated rings. The molecule has 0 aliphatic carbocycles. The lowest BCUT2D eigenvalue weighted by Crippen LogP contribution is -2.33. The van der Waals surface area contributed by atoms with Crippen LogP contribution in [0.1, 0.15) is 6.42 Å². The Kier molecular flexibility index (Phi) is 19.7. The first-order valence-corrected chi connectivity index (χ1v) is 4.97. The third-order valence-corrected chi connectivity index (χ3v) is 1.73. The van der Waals surface area contributed by atoms with Crippen LogP contribution in [0.15, 0.2) is 5.16 Å². The molecule has 0 aromatic rings. The van der Waals surface area contributed by atoms with Gasteiger partial charge >= 0.3 is 0 Å². The van der Waals surface area contributed by atoms with Crippen LogP contribution in [0.25, 0.3) is 0 Å². The lowest BCUT2D eigenvalue weighted by molar-refractivity contribution is -0.114. The van der Waals surface area contributed by atoms with Crippen LogP contribution < -0.4 is 10.6 Å². The summed E-state index contributed by atoms with van der Waals surface area (Å²) in [7, 11) is 4.07. The summed E-state index contributed by atoms with van der Waals surface area (Å²) in [5, 5.41) is 16.4. The smallest absolute Gasteiger partial charge is 0.265 e. The van der Waals surface area contributed by atoms with Gasteiger partial charge in [0.25, 0.3) is 5.91 Å². The number of carbonyl (C=O) groups is 1. The van der Waals surface area contributed by atoms with Crippen LogP contribution in [0.3, 0.4) is 0 Å². The molecule has 0 atom stereocenters. The van der Waals surface area contributed by atoms with Crippen molar-refractivity contribution < 1.29 is 10.0 Å². The second-order valence-electron chi connectivity index (χ2n) is 3.44. The second-order valence-corrected chi connectivity index (χ2v) is 3.44. The molecule has 0 bridgehead atoms. The standard InChI is InChI=1S/C9H20N4O2.2ClH/c1-13(2)7-3-4-10-5-6-11-9(14)8-12-15;;/h8,10,15H,3-7H2,1-2H3,(H,11,14);2*1H/b12-8-;;. The van der Waals surface area contributed by atoms with E-state index < -0.39 is 0 Å². The highest BCUT2D eigenvalue weighted by Crippen LogP contribution is 1.79. The zero-order chi connectivity index (χ0) is 11.5. The monoisotopic (exact) mass is 288 g/mol. The minimum Gasteiger partial charge on any atom is -0.411 e. The van der Waals surface area contributed by atoms with Crippen molar-refractivity contribution in [2.75, 3.05) is 40.3 Å². The van der Waals surface area contributed by atoms with Crippen molar-refractivity contribution in [3.63, 3.8) is 0 Å². The molecule has 8 heteroatoms. The Morgan fingerprint density at radius 2 is 1.94 bits per heavy atom. The van der Waals surface area contributed by atoms with Crippen LogP contribution in [0.2, 0.25) is 0 Å². The fourth-order valence-corrected chi connectivity index (χ4v) is 1.02. The van der Waals surface area contributed by atoms with E-state index in [9.17, 15) is 4.79 Å². The maximum absolute atomic E-state index is 10.8. The molecular weight excluding hydrogens is 267 g/mol. The third-order valence-electron chi connectivity index (χ3n) is 1.73. The highest BCUT2D eigenvalue weighted by Gasteiger charge is 1.94. The Morgan fingerprint density at radius 1 is 1.29 bits per heavy atom. The number of nitrogens with one attached hydrogen (secondary N) is 2. The van der Waals surface area contributed by atoms with E-state index in [-0.39, 0.29) is 30.7 Å². The number of carbonyl (C=O) groups excluding carboxylic acids is 1. The van der Waals surface area contributed by atoms with E-state index in [0.717, 1.165) is 32.3 Å². The molecule has 0 saturated carbocycles. The summed E-state index contributed by atoms with van der Waals surface area (Å²) in [6, 6.07) is 0. The first-order valence-electron chi connectivity index (χ1n) is 4.97. The number of hydrogen-bond acceptors (Lipinski definition) is 5. The van der Waals surface area contributed by atoms with E-state index in [1.54, 1.807) is 0 Å². The number of amides is 1. The predicted octanol–water partition coefficient (Wildman–Crippen LogP) is -0.0525. The summed E-state index contributed by atoms with van der Waals surface area (Å²) in [6.07, 6.45) is 1.92. The van der Waals surface area contributed by atoms with Crippen molar-refractivity contribution in [1.82, 2.24) is 15.5 Å². The number of rotatable bonds is 8. The molecule has 0 radical (unpaired) electrons. The van der Waals surface area contributed by atoms with Gasteiger partial charge in [0.1, 0.15) is 6.21 Å². The van der Waals surface area contributed by atoms with Crippen LogP contribution >= 0.6 is 24.8 Å². The van der Waals surface area contributed by atoms with Gasteiger partial charge in [-0.15, -0.1) is 24.8 Å².